The minimum absolute atomic E-state index is 0.0599. The summed E-state index contributed by atoms with van der Waals surface area (Å²) in [7, 11) is 0. The van der Waals surface area contributed by atoms with E-state index in [1.54, 1.807) is 11.9 Å². The molecule has 0 spiro atoms. The fourth-order valence-corrected chi connectivity index (χ4v) is 4.84. The summed E-state index contributed by atoms with van der Waals surface area (Å²) in [5, 5.41) is 0. The first-order chi connectivity index (χ1) is 12.6. The van der Waals surface area contributed by atoms with Crippen LogP contribution < -0.4 is 4.72 Å². The molecule has 2 unspecified atom stereocenters. The first-order valence-corrected chi connectivity index (χ1v) is 11.5. The third-order valence-corrected chi connectivity index (χ3v) is 6.58. The second-order valence-corrected chi connectivity index (χ2v) is 8.98. The van der Waals surface area contributed by atoms with Gasteiger partial charge < -0.3 is 14.4 Å². The maximum Gasteiger partial charge on any atom is 0.410 e. The quantitative estimate of drug-likeness (QED) is 0.624. The molecule has 0 aromatic carbocycles. The number of nitrogens with zero attached hydrogens (tertiary/aromatic N) is 1. The van der Waals surface area contributed by atoms with Crippen LogP contribution in [0.4, 0.5) is 4.79 Å². The molecule has 0 aromatic rings. The molecule has 2 fully saturated rings. The molecule has 2 atom stereocenters. The molecule has 2 rings (SSSR count). The average molecular weight is 387 g/mol. The summed E-state index contributed by atoms with van der Waals surface area (Å²) in [5.41, 5.74) is 0. The van der Waals surface area contributed by atoms with Crippen molar-refractivity contribution >= 4 is 18.0 Å². The van der Waals surface area contributed by atoms with Crippen molar-refractivity contribution in [3.63, 3.8) is 0 Å². The van der Waals surface area contributed by atoms with Crippen molar-refractivity contribution in [2.75, 3.05) is 25.5 Å². The summed E-state index contributed by atoms with van der Waals surface area (Å²) in [6.45, 7) is 10.5. The molecular formula is C20H38N2O3S. The Balaban J connectivity index is 1.92. The number of likely N-dealkylation sites (tertiary alicyclic amines) is 1. The van der Waals surface area contributed by atoms with Crippen molar-refractivity contribution in [2.24, 2.45) is 11.8 Å². The van der Waals surface area contributed by atoms with Crippen molar-refractivity contribution in [3.05, 3.63) is 0 Å². The standard InChI is InChI=1S/C20H38N2O3S/c1-5-24-20(23)22-13-7-8-18(21-26-6-2)19(22)14-25-17-11-9-16(10-12-17)15(3)4/h15-19,21H,5-14H2,1-4H3/t16-,17+,18?,19?. The van der Waals surface area contributed by atoms with E-state index < -0.39 is 0 Å². The van der Waals surface area contributed by atoms with E-state index in [0.29, 0.717) is 19.3 Å². The van der Waals surface area contributed by atoms with Gasteiger partial charge in [0.25, 0.3) is 0 Å². The lowest BCUT2D eigenvalue weighted by molar-refractivity contribution is -0.0314. The maximum absolute atomic E-state index is 12.4. The third kappa shape index (κ3) is 6.31. The number of carbonyl (C=O) groups excluding carboxylic acids is 1. The van der Waals surface area contributed by atoms with Crippen LogP contribution in [0.25, 0.3) is 0 Å². The number of amides is 1. The minimum atomic E-state index is -0.197. The molecule has 0 radical (unpaired) electrons. The molecule has 1 N–H and O–H groups in total. The van der Waals surface area contributed by atoms with Gasteiger partial charge in [-0.1, -0.05) is 32.7 Å². The lowest BCUT2D eigenvalue weighted by Crippen LogP contribution is -2.57. The summed E-state index contributed by atoms with van der Waals surface area (Å²) >= 11 is 1.73. The normalized spacial score (nSPS) is 29.8. The average Bonchev–Trinajstić information content (AvgIpc) is 2.65. The summed E-state index contributed by atoms with van der Waals surface area (Å²) in [6.07, 6.45) is 7.07. The van der Waals surface area contributed by atoms with Crippen LogP contribution in [-0.4, -0.2) is 54.7 Å². The Labute approximate surface area is 164 Å². The highest BCUT2D eigenvalue weighted by atomic mass is 32.2. The van der Waals surface area contributed by atoms with Gasteiger partial charge in [0.1, 0.15) is 0 Å². The van der Waals surface area contributed by atoms with Crippen LogP contribution in [-0.2, 0) is 9.47 Å². The molecule has 1 saturated heterocycles. The molecule has 1 aliphatic carbocycles. The van der Waals surface area contributed by atoms with Gasteiger partial charge >= 0.3 is 6.09 Å². The molecule has 2 aliphatic rings. The van der Waals surface area contributed by atoms with Gasteiger partial charge in [-0.2, -0.15) is 0 Å². The number of hydrogen-bond donors (Lipinski definition) is 1. The Hall–Kier alpha value is -0.460. The molecule has 5 nitrogen and oxygen atoms in total. The Kier molecular flexibility index (Phi) is 9.57. The van der Waals surface area contributed by atoms with Gasteiger partial charge in [0.15, 0.2) is 0 Å². The topological polar surface area (TPSA) is 50.8 Å². The van der Waals surface area contributed by atoms with E-state index in [4.69, 9.17) is 9.47 Å². The smallest absolute Gasteiger partial charge is 0.410 e. The zero-order chi connectivity index (χ0) is 18.9. The summed E-state index contributed by atoms with van der Waals surface area (Å²) in [5.74, 6) is 2.63. The van der Waals surface area contributed by atoms with Gasteiger partial charge in [0.2, 0.25) is 0 Å². The molecule has 1 heterocycles. The highest BCUT2D eigenvalue weighted by molar-refractivity contribution is 7.97. The number of nitrogens with one attached hydrogen (secondary N) is 1. The predicted molar refractivity (Wildman–Crippen MR) is 108 cm³/mol. The Morgan fingerprint density at radius 3 is 2.54 bits per heavy atom. The fourth-order valence-electron chi connectivity index (χ4n) is 4.18. The first-order valence-electron chi connectivity index (χ1n) is 10.5. The van der Waals surface area contributed by atoms with Crippen LogP contribution >= 0.6 is 11.9 Å². The van der Waals surface area contributed by atoms with Gasteiger partial charge in [0.05, 0.1) is 25.4 Å². The Morgan fingerprint density at radius 2 is 1.92 bits per heavy atom. The van der Waals surface area contributed by atoms with Crippen molar-refractivity contribution in [2.45, 2.75) is 84.4 Å². The second kappa shape index (κ2) is 11.4. The van der Waals surface area contributed by atoms with Crippen LogP contribution in [0.1, 0.15) is 66.2 Å². The monoisotopic (exact) mass is 386 g/mol. The lowest BCUT2D eigenvalue weighted by atomic mass is 9.80. The molecule has 26 heavy (non-hydrogen) atoms. The molecular weight excluding hydrogens is 348 g/mol. The van der Waals surface area contributed by atoms with Crippen molar-refractivity contribution in [3.8, 4) is 0 Å². The van der Waals surface area contributed by atoms with Crippen LogP contribution in [0.3, 0.4) is 0 Å². The van der Waals surface area contributed by atoms with E-state index >= 15 is 0 Å². The number of hydrogen-bond acceptors (Lipinski definition) is 5. The minimum Gasteiger partial charge on any atom is -0.450 e. The van der Waals surface area contributed by atoms with E-state index in [1.807, 2.05) is 11.8 Å². The SMILES string of the molecule is CCOC(=O)N1CCCC(NSCC)C1CO[C@H]1CC[C@@H](C(C)C)CC1. The van der Waals surface area contributed by atoms with E-state index in [0.717, 1.165) is 49.8 Å². The van der Waals surface area contributed by atoms with Crippen LogP contribution in [0, 0.1) is 11.8 Å². The van der Waals surface area contributed by atoms with E-state index in [2.05, 4.69) is 25.5 Å². The van der Waals surface area contributed by atoms with Crippen molar-refractivity contribution < 1.29 is 14.3 Å². The van der Waals surface area contributed by atoms with Crippen LogP contribution in [0.15, 0.2) is 0 Å². The van der Waals surface area contributed by atoms with Gasteiger partial charge in [-0.15, -0.1) is 0 Å². The van der Waals surface area contributed by atoms with E-state index in [1.165, 1.54) is 12.8 Å². The number of rotatable bonds is 8. The van der Waals surface area contributed by atoms with Gasteiger partial charge in [-0.3, -0.25) is 4.72 Å². The molecule has 0 bridgehead atoms. The summed E-state index contributed by atoms with van der Waals surface area (Å²) in [4.78, 5) is 14.3. The first kappa shape index (κ1) is 21.8. The van der Waals surface area contributed by atoms with Crippen molar-refractivity contribution in [1.82, 2.24) is 9.62 Å². The third-order valence-electron chi connectivity index (χ3n) is 5.82. The van der Waals surface area contributed by atoms with E-state index in [-0.39, 0.29) is 18.2 Å². The molecule has 1 saturated carbocycles. The lowest BCUT2D eigenvalue weighted by Gasteiger charge is -2.41. The Morgan fingerprint density at radius 1 is 1.19 bits per heavy atom. The second-order valence-electron chi connectivity index (χ2n) is 7.87. The summed E-state index contributed by atoms with van der Waals surface area (Å²) in [6, 6.07) is 0.329. The molecule has 0 aromatic heterocycles. The van der Waals surface area contributed by atoms with Gasteiger partial charge in [0, 0.05) is 18.3 Å². The molecule has 6 heteroatoms. The van der Waals surface area contributed by atoms with Crippen molar-refractivity contribution in [1.29, 1.82) is 0 Å². The zero-order valence-corrected chi connectivity index (χ0v) is 17.9. The number of carbonyl (C=O) groups is 1. The highest BCUT2D eigenvalue weighted by Crippen LogP contribution is 2.32. The fraction of sp³-hybridized carbons (Fsp3) is 0.950. The zero-order valence-electron chi connectivity index (χ0n) is 17.0. The number of piperidine rings is 1. The number of ether oxygens (including phenoxy) is 2. The maximum atomic E-state index is 12.4. The molecule has 152 valence electrons. The highest BCUT2D eigenvalue weighted by Gasteiger charge is 2.36. The molecule has 1 amide bonds. The van der Waals surface area contributed by atoms with E-state index in [9.17, 15) is 4.79 Å². The van der Waals surface area contributed by atoms with Gasteiger partial charge in [-0.05, 0) is 57.3 Å². The summed E-state index contributed by atoms with van der Waals surface area (Å²) < 4.78 is 15.2. The van der Waals surface area contributed by atoms with Gasteiger partial charge in [-0.25, -0.2) is 4.79 Å². The predicted octanol–water partition coefficient (Wildman–Crippen LogP) is 4.47. The van der Waals surface area contributed by atoms with Crippen LogP contribution in [0.5, 0.6) is 0 Å². The largest absolute Gasteiger partial charge is 0.450 e. The Bertz CT molecular complexity index is 414. The van der Waals surface area contributed by atoms with Crippen LogP contribution in [0.2, 0.25) is 0 Å². The molecule has 1 aliphatic heterocycles.